The largest absolute Gasteiger partial charge is 0.390 e. The average Bonchev–Trinajstić information content (AvgIpc) is 2.66. The average molecular weight is 401 g/mol. The van der Waals surface area contributed by atoms with Crippen LogP contribution in [0.3, 0.4) is 0 Å². The monoisotopic (exact) mass is 400 g/mol. The molecule has 0 bridgehead atoms. The molecular weight excluding hydrogens is 360 g/mol. The highest BCUT2D eigenvalue weighted by Crippen LogP contribution is 2.38. The van der Waals surface area contributed by atoms with Gasteiger partial charge >= 0.3 is 8.56 Å². The van der Waals surface area contributed by atoms with Gasteiger partial charge in [0.25, 0.3) is 0 Å². The SMILES string of the molecule is C=CCCC(Cc1ccccc1)O[Si](OC(/C=C/C)/C=C/C)(C(C)C)C(C)C. The van der Waals surface area contributed by atoms with E-state index in [1.54, 1.807) is 0 Å². The van der Waals surface area contributed by atoms with Gasteiger partial charge in [-0.3, -0.25) is 0 Å². The summed E-state index contributed by atoms with van der Waals surface area (Å²) in [5, 5.41) is 0. The lowest BCUT2D eigenvalue weighted by Gasteiger charge is -2.42. The van der Waals surface area contributed by atoms with Crippen LogP contribution in [-0.2, 0) is 15.3 Å². The van der Waals surface area contributed by atoms with Gasteiger partial charge in [0.15, 0.2) is 0 Å². The Morgan fingerprint density at radius 3 is 1.96 bits per heavy atom. The molecule has 0 heterocycles. The molecule has 0 N–H and O–H groups in total. The highest BCUT2D eigenvalue weighted by Gasteiger charge is 2.47. The molecule has 1 aromatic carbocycles. The van der Waals surface area contributed by atoms with E-state index in [-0.39, 0.29) is 12.2 Å². The zero-order chi connectivity index (χ0) is 21.0. The third-order valence-electron chi connectivity index (χ3n) is 5.04. The van der Waals surface area contributed by atoms with Crippen LogP contribution in [0.1, 0.15) is 59.9 Å². The molecule has 1 atom stereocenters. The quantitative estimate of drug-likeness (QED) is 0.254. The molecule has 0 aliphatic rings. The van der Waals surface area contributed by atoms with Crippen LogP contribution >= 0.6 is 0 Å². The summed E-state index contributed by atoms with van der Waals surface area (Å²) in [4.78, 5) is 0. The Balaban J connectivity index is 3.18. The molecular formula is C25H40O2Si. The van der Waals surface area contributed by atoms with Crippen LogP contribution in [0.2, 0.25) is 11.1 Å². The van der Waals surface area contributed by atoms with E-state index < -0.39 is 8.56 Å². The van der Waals surface area contributed by atoms with Crippen LogP contribution in [0.15, 0.2) is 67.3 Å². The van der Waals surface area contributed by atoms with Crippen LogP contribution in [-0.4, -0.2) is 20.8 Å². The molecule has 0 saturated carbocycles. The lowest BCUT2D eigenvalue weighted by molar-refractivity contribution is 0.0883. The molecule has 3 heteroatoms. The Hall–Kier alpha value is -1.42. The number of rotatable bonds is 13. The van der Waals surface area contributed by atoms with Crippen LogP contribution in [0.25, 0.3) is 0 Å². The molecule has 0 saturated heterocycles. The summed E-state index contributed by atoms with van der Waals surface area (Å²) in [5.74, 6) is 0. The highest BCUT2D eigenvalue weighted by atomic mass is 28.4. The van der Waals surface area contributed by atoms with Crippen molar-refractivity contribution in [3.05, 3.63) is 72.9 Å². The zero-order valence-electron chi connectivity index (χ0n) is 18.7. The summed E-state index contributed by atoms with van der Waals surface area (Å²) < 4.78 is 13.8. The minimum absolute atomic E-state index is 0.0387. The first-order valence-corrected chi connectivity index (χ1v) is 12.6. The molecule has 1 unspecified atom stereocenters. The molecule has 0 radical (unpaired) electrons. The number of benzene rings is 1. The summed E-state index contributed by atoms with van der Waals surface area (Å²) in [6, 6.07) is 10.6. The molecule has 156 valence electrons. The Bertz CT molecular complexity index is 584. The van der Waals surface area contributed by atoms with Crippen molar-refractivity contribution >= 4 is 8.56 Å². The maximum Gasteiger partial charge on any atom is 0.344 e. The van der Waals surface area contributed by atoms with Crippen molar-refractivity contribution in [1.29, 1.82) is 0 Å². The fraction of sp³-hybridized carbons (Fsp3) is 0.520. The molecule has 1 rings (SSSR count). The smallest absolute Gasteiger partial charge is 0.344 e. The molecule has 0 aromatic heterocycles. The second-order valence-electron chi connectivity index (χ2n) is 7.96. The van der Waals surface area contributed by atoms with Crippen LogP contribution < -0.4 is 0 Å². The van der Waals surface area contributed by atoms with Gasteiger partial charge in [0.05, 0.1) is 12.2 Å². The minimum atomic E-state index is -2.49. The molecule has 0 spiro atoms. The Labute approximate surface area is 174 Å². The highest BCUT2D eigenvalue weighted by molar-refractivity contribution is 6.70. The van der Waals surface area contributed by atoms with Crippen molar-refractivity contribution in [3.63, 3.8) is 0 Å². The first-order valence-electron chi connectivity index (χ1n) is 10.7. The van der Waals surface area contributed by atoms with Crippen molar-refractivity contribution < 1.29 is 8.85 Å². The summed E-state index contributed by atoms with van der Waals surface area (Å²) >= 11 is 0. The van der Waals surface area contributed by atoms with Gasteiger partial charge in [-0.25, -0.2) is 0 Å². The first kappa shape index (κ1) is 24.6. The van der Waals surface area contributed by atoms with Gasteiger partial charge in [-0.1, -0.05) is 88.4 Å². The van der Waals surface area contributed by atoms with Gasteiger partial charge in [0.2, 0.25) is 0 Å². The summed E-state index contributed by atoms with van der Waals surface area (Å²) in [7, 11) is -2.49. The van der Waals surface area contributed by atoms with E-state index in [0.717, 1.165) is 19.3 Å². The standard InChI is InChI=1S/C25H40O2Si/c1-8-11-19-25(20-23-17-13-12-14-18-23)27-28(21(4)5,22(6)7)26-24(15-9-2)16-10-3/h8-10,12-18,21-22,24-25H,1,11,19-20H2,2-7H3/b15-9+,16-10+. The van der Waals surface area contributed by atoms with E-state index in [1.807, 2.05) is 19.9 Å². The van der Waals surface area contributed by atoms with E-state index in [2.05, 4.69) is 88.9 Å². The predicted octanol–water partition coefficient (Wildman–Crippen LogP) is 7.38. The Morgan fingerprint density at radius 2 is 1.50 bits per heavy atom. The lowest BCUT2D eigenvalue weighted by atomic mass is 10.0. The zero-order valence-corrected chi connectivity index (χ0v) is 19.7. The molecule has 0 amide bonds. The van der Waals surface area contributed by atoms with Crippen molar-refractivity contribution in [2.24, 2.45) is 0 Å². The van der Waals surface area contributed by atoms with E-state index in [0.29, 0.717) is 11.1 Å². The van der Waals surface area contributed by atoms with E-state index in [1.165, 1.54) is 5.56 Å². The third-order valence-corrected chi connectivity index (χ3v) is 9.61. The maximum absolute atomic E-state index is 6.99. The molecule has 0 aliphatic carbocycles. The van der Waals surface area contributed by atoms with E-state index in [4.69, 9.17) is 8.85 Å². The molecule has 28 heavy (non-hydrogen) atoms. The van der Waals surface area contributed by atoms with Gasteiger partial charge in [-0.05, 0) is 49.8 Å². The Morgan fingerprint density at radius 1 is 0.929 bits per heavy atom. The van der Waals surface area contributed by atoms with Crippen molar-refractivity contribution in [3.8, 4) is 0 Å². The second kappa shape index (κ2) is 12.9. The number of allylic oxidation sites excluding steroid dienone is 3. The molecule has 0 fully saturated rings. The van der Waals surface area contributed by atoms with Gasteiger partial charge < -0.3 is 8.85 Å². The van der Waals surface area contributed by atoms with Crippen LogP contribution in [0.5, 0.6) is 0 Å². The Kier molecular flexibility index (Phi) is 11.4. The molecule has 2 nitrogen and oxygen atoms in total. The van der Waals surface area contributed by atoms with Gasteiger partial charge in [0.1, 0.15) is 0 Å². The van der Waals surface area contributed by atoms with Gasteiger partial charge in [0, 0.05) is 0 Å². The number of hydrogen-bond acceptors (Lipinski definition) is 2. The number of hydrogen-bond donors (Lipinski definition) is 0. The molecule has 0 aliphatic heterocycles. The molecule has 1 aromatic rings. The summed E-state index contributed by atoms with van der Waals surface area (Å²) in [6.07, 6.45) is 13.3. The van der Waals surface area contributed by atoms with Crippen molar-refractivity contribution in [2.75, 3.05) is 0 Å². The topological polar surface area (TPSA) is 18.5 Å². The van der Waals surface area contributed by atoms with E-state index in [9.17, 15) is 0 Å². The minimum Gasteiger partial charge on any atom is -0.390 e. The van der Waals surface area contributed by atoms with Gasteiger partial charge in [-0.2, -0.15) is 0 Å². The fourth-order valence-electron chi connectivity index (χ4n) is 3.62. The second-order valence-corrected chi connectivity index (χ2v) is 12.2. The maximum atomic E-state index is 6.99. The van der Waals surface area contributed by atoms with E-state index >= 15 is 0 Å². The van der Waals surface area contributed by atoms with Crippen molar-refractivity contribution in [1.82, 2.24) is 0 Å². The normalized spacial score (nSPS) is 14.0. The summed E-state index contributed by atoms with van der Waals surface area (Å²) in [6.45, 7) is 17.0. The third kappa shape index (κ3) is 7.54. The lowest BCUT2D eigenvalue weighted by Crippen LogP contribution is -2.52. The predicted molar refractivity (Wildman–Crippen MR) is 125 cm³/mol. The van der Waals surface area contributed by atoms with Crippen molar-refractivity contribution in [2.45, 2.75) is 84.1 Å². The van der Waals surface area contributed by atoms with Crippen LogP contribution in [0.4, 0.5) is 0 Å². The fourth-order valence-corrected chi connectivity index (χ4v) is 7.40. The van der Waals surface area contributed by atoms with Crippen LogP contribution in [0, 0.1) is 0 Å². The van der Waals surface area contributed by atoms with Gasteiger partial charge in [-0.15, -0.1) is 6.58 Å². The summed E-state index contributed by atoms with van der Waals surface area (Å²) in [5.41, 5.74) is 2.02. The first-order chi connectivity index (χ1) is 13.4.